The largest absolute Gasteiger partial charge is 0.370 e. The fourth-order valence-electron chi connectivity index (χ4n) is 1.69. The summed E-state index contributed by atoms with van der Waals surface area (Å²) in [6, 6.07) is -0.906. The standard InChI is InChI=1S/C14H27N7O4/c1-8(2)12(24)20-7-11(23)21-9(4-3-5-18-14(16)17)13(25)19-6-10(15)22/h8-9H,3-7H2,1-2H3,(H2,15,22)(H,19,25)(H,20,24)(H,21,23)(H4,16,17,18). The highest BCUT2D eigenvalue weighted by Crippen LogP contribution is 1.99. The Morgan fingerprint density at radius 2 is 1.56 bits per heavy atom. The van der Waals surface area contributed by atoms with Gasteiger partial charge in [-0.1, -0.05) is 13.8 Å². The highest BCUT2D eigenvalue weighted by atomic mass is 16.2. The zero-order valence-corrected chi connectivity index (χ0v) is 14.5. The van der Waals surface area contributed by atoms with E-state index in [0.717, 1.165) is 0 Å². The average molecular weight is 357 g/mol. The monoisotopic (exact) mass is 357 g/mol. The second kappa shape index (κ2) is 11.6. The minimum atomic E-state index is -0.906. The van der Waals surface area contributed by atoms with Crippen molar-refractivity contribution in [2.45, 2.75) is 32.7 Å². The van der Waals surface area contributed by atoms with Gasteiger partial charge in [0.15, 0.2) is 5.96 Å². The summed E-state index contributed by atoms with van der Waals surface area (Å²) in [4.78, 5) is 49.9. The molecular formula is C14H27N7O4. The van der Waals surface area contributed by atoms with E-state index in [0.29, 0.717) is 6.42 Å². The minimum absolute atomic E-state index is 0.0739. The van der Waals surface area contributed by atoms with E-state index >= 15 is 0 Å². The summed E-state index contributed by atoms with van der Waals surface area (Å²) in [5, 5.41) is 7.26. The van der Waals surface area contributed by atoms with Crippen molar-refractivity contribution < 1.29 is 19.2 Å². The average Bonchev–Trinajstić information content (AvgIpc) is 2.52. The predicted octanol–water partition coefficient (Wildman–Crippen LogP) is -3.10. The number of carbonyl (C=O) groups excluding carboxylic acids is 4. The highest BCUT2D eigenvalue weighted by molar-refractivity contribution is 5.91. The zero-order chi connectivity index (χ0) is 19.4. The summed E-state index contributed by atoms with van der Waals surface area (Å²) >= 11 is 0. The minimum Gasteiger partial charge on any atom is -0.370 e. The molecule has 1 atom stereocenters. The molecule has 4 amide bonds. The van der Waals surface area contributed by atoms with Gasteiger partial charge in [0.2, 0.25) is 23.6 Å². The molecule has 0 saturated heterocycles. The van der Waals surface area contributed by atoms with Crippen LogP contribution in [0, 0.1) is 5.92 Å². The van der Waals surface area contributed by atoms with Gasteiger partial charge in [-0.2, -0.15) is 0 Å². The first-order valence-electron chi connectivity index (χ1n) is 7.82. The van der Waals surface area contributed by atoms with Gasteiger partial charge in [0, 0.05) is 12.5 Å². The number of nitrogens with one attached hydrogen (secondary N) is 3. The van der Waals surface area contributed by atoms with Gasteiger partial charge in [-0.15, -0.1) is 0 Å². The number of hydrogen-bond donors (Lipinski definition) is 6. The number of hydrogen-bond acceptors (Lipinski definition) is 5. The summed E-state index contributed by atoms with van der Waals surface area (Å²) < 4.78 is 0. The topological polar surface area (TPSA) is 195 Å². The molecule has 0 aliphatic heterocycles. The molecule has 0 fully saturated rings. The van der Waals surface area contributed by atoms with E-state index in [-0.39, 0.29) is 43.8 Å². The van der Waals surface area contributed by atoms with E-state index in [1.54, 1.807) is 13.8 Å². The van der Waals surface area contributed by atoms with Crippen LogP contribution in [-0.4, -0.2) is 55.3 Å². The lowest BCUT2D eigenvalue weighted by Crippen LogP contribution is -2.51. The van der Waals surface area contributed by atoms with Crippen LogP contribution in [0.5, 0.6) is 0 Å². The van der Waals surface area contributed by atoms with Crippen LogP contribution >= 0.6 is 0 Å². The Hall–Kier alpha value is -2.85. The van der Waals surface area contributed by atoms with Crippen LogP contribution in [0.1, 0.15) is 26.7 Å². The van der Waals surface area contributed by atoms with Crippen LogP contribution < -0.4 is 33.2 Å². The van der Waals surface area contributed by atoms with Gasteiger partial charge >= 0.3 is 0 Å². The molecule has 0 bridgehead atoms. The maximum Gasteiger partial charge on any atom is 0.243 e. The van der Waals surface area contributed by atoms with E-state index in [1.165, 1.54) is 0 Å². The Labute approximate surface area is 146 Å². The van der Waals surface area contributed by atoms with E-state index in [9.17, 15) is 19.2 Å². The zero-order valence-electron chi connectivity index (χ0n) is 14.5. The number of nitrogens with two attached hydrogens (primary N) is 3. The number of amides is 4. The Morgan fingerprint density at radius 1 is 0.960 bits per heavy atom. The molecule has 0 aliphatic rings. The van der Waals surface area contributed by atoms with Crippen LogP contribution in [0.2, 0.25) is 0 Å². The third-order valence-electron chi connectivity index (χ3n) is 2.98. The third kappa shape index (κ3) is 11.3. The summed E-state index contributed by atoms with van der Waals surface area (Å²) in [7, 11) is 0. The van der Waals surface area contributed by atoms with Gasteiger partial charge in [-0.05, 0) is 12.8 Å². The Kier molecular flexibility index (Phi) is 10.3. The van der Waals surface area contributed by atoms with Gasteiger partial charge in [0.05, 0.1) is 13.1 Å². The van der Waals surface area contributed by atoms with E-state index in [1.807, 2.05) is 0 Å². The Morgan fingerprint density at radius 3 is 2.08 bits per heavy atom. The molecule has 0 aromatic rings. The van der Waals surface area contributed by atoms with Crippen molar-refractivity contribution in [3.63, 3.8) is 0 Å². The number of carbonyl (C=O) groups is 4. The van der Waals surface area contributed by atoms with Crippen molar-refractivity contribution in [3.05, 3.63) is 0 Å². The highest BCUT2D eigenvalue weighted by Gasteiger charge is 2.21. The molecule has 0 rings (SSSR count). The fourth-order valence-corrected chi connectivity index (χ4v) is 1.69. The first-order chi connectivity index (χ1) is 11.6. The molecule has 0 aliphatic carbocycles. The molecule has 0 radical (unpaired) electrons. The van der Waals surface area contributed by atoms with Crippen molar-refractivity contribution in [1.29, 1.82) is 0 Å². The lowest BCUT2D eigenvalue weighted by Gasteiger charge is -2.18. The van der Waals surface area contributed by atoms with Crippen LogP contribution in [0.4, 0.5) is 0 Å². The van der Waals surface area contributed by atoms with Crippen molar-refractivity contribution in [2.24, 2.45) is 28.1 Å². The van der Waals surface area contributed by atoms with Crippen LogP contribution in [0.25, 0.3) is 0 Å². The molecule has 0 heterocycles. The summed E-state index contributed by atoms with van der Waals surface area (Å²) in [6.45, 7) is 3.06. The second-order valence-corrected chi connectivity index (χ2v) is 5.63. The predicted molar refractivity (Wildman–Crippen MR) is 91.9 cm³/mol. The molecule has 142 valence electrons. The maximum atomic E-state index is 12.1. The first-order valence-corrected chi connectivity index (χ1v) is 7.82. The SMILES string of the molecule is CC(C)C(=O)NCC(=O)NC(CCCN=C(N)N)C(=O)NCC(N)=O. The van der Waals surface area contributed by atoms with E-state index in [2.05, 4.69) is 20.9 Å². The van der Waals surface area contributed by atoms with Gasteiger partial charge < -0.3 is 33.2 Å². The lowest BCUT2D eigenvalue weighted by atomic mass is 10.1. The number of guanidine groups is 1. The number of primary amides is 1. The van der Waals surface area contributed by atoms with Crippen molar-refractivity contribution in [3.8, 4) is 0 Å². The molecule has 0 spiro atoms. The molecule has 25 heavy (non-hydrogen) atoms. The van der Waals surface area contributed by atoms with Crippen molar-refractivity contribution >= 4 is 29.6 Å². The molecule has 11 heteroatoms. The summed E-state index contributed by atoms with van der Waals surface area (Å²) in [6.07, 6.45) is 0.663. The molecule has 9 N–H and O–H groups in total. The lowest BCUT2D eigenvalue weighted by molar-refractivity contribution is -0.131. The number of rotatable bonds is 11. The van der Waals surface area contributed by atoms with E-state index < -0.39 is 23.8 Å². The number of nitrogens with zero attached hydrogens (tertiary/aromatic N) is 1. The smallest absolute Gasteiger partial charge is 0.243 e. The second-order valence-electron chi connectivity index (χ2n) is 5.63. The molecule has 0 aromatic carbocycles. The van der Waals surface area contributed by atoms with Crippen LogP contribution in [0.15, 0.2) is 4.99 Å². The quantitative estimate of drug-likeness (QED) is 0.129. The third-order valence-corrected chi connectivity index (χ3v) is 2.98. The molecule has 0 aromatic heterocycles. The Bertz CT molecular complexity index is 515. The van der Waals surface area contributed by atoms with Crippen LogP contribution in [-0.2, 0) is 19.2 Å². The van der Waals surface area contributed by atoms with Gasteiger partial charge in [0.25, 0.3) is 0 Å². The molecule has 0 saturated carbocycles. The van der Waals surface area contributed by atoms with Crippen molar-refractivity contribution in [1.82, 2.24) is 16.0 Å². The molecular weight excluding hydrogens is 330 g/mol. The molecule has 11 nitrogen and oxygen atoms in total. The van der Waals surface area contributed by atoms with Gasteiger partial charge in [-0.3, -0.25) is 24.2 Å². The fraction of sp³-hybridized carbons (Fsp3) is 0.643. The summed E-state index contributed by atoms with van der Waals surface area (Å²) in [5.74, 6) is -2.42. The first kappa shape index (κ1) is 22.1. The van der Waals surface area contributed by atoms with E-state index in [4.69, 9.17) is 17.2 Å². The number of aliphatic imine (C=N–C) groups is 1. The van der Waals surface area contributed by atoms with Gasteiger partial charge in [0.1, 0.15) is 6.04 Å². The Balaban J connectivity index is 4.61. The molecule has 1 unspecified atom stereocenters. The summed E-state index contributed by atoms with van der Waals surface area (Å²) in [5.41, 5.74) is 15.4. The maximum absolute atomic E-state index is 12.1. The van der Waals surface area contributed by atoms with Crippen LogP contribution in [0.3, 0.4) is 0 Å². The van der Waals surface area contributed by atoms with Gasteiger partial charge in [-0.25, -0.2) is 0 Å². The normalized spacial score (nSPS) is 11.3. The van der Waals surface area contributed by atoms with Crippen molar-refractivity contribution in [2.75, 3.05) is 19.6 Å².